The van der Waals surface area contributed by atoms with Gasteiger partial charge >= 0.3 is 0 Å². The lowest BCUT2D eigenvalue weighted by molar-refractivity contribution is -0.385. The Balaban J connectivity index is 2.05. The smallest absolute Gasteiger partial charge is 0.280 e. The molecule has 1 heterocycles. The number of nitro benzene ring substituents is 1. The second-order valence-corrected chi connectivity index (χ2v) is 6.86. The number of anilines is 1. The first-order chi connectivity index (χ1) is 12.3. The maximum Gasteiger partial charge on any atom is 0.280 e. The molecule has 3 rings (SSSR count). The molecule has 1 atom stereocenters. The van der Waals surface area contributed by atoms with Crippen LogP contribution in [0.3, 0.4) is 0 Å². The third kappa shape index (κ3) is 2.81. The fourth-order valence-corrected chi connectivity index (χ4v) is 3.56. The van der Waals surface area contributed by atoms with Crippen LogP contribution in [-0.4, -0.2) is 28.3 Å². The van der Waals surface area contributed by atoms with Crippen molar-refractivity contribution in [2.75, 3.05) is 11.4 Å². The zero-order chi connectivity index (χ0) is 19.1. The lowest BCUT2D eigenvalue weighted by Gasteiger charge is -2.22. The molecule has 0 aliphatic carbocycles. The summed E-state index contributed by atoms with van der Waals surface area (Å²) in [4.78, 5) is 37.4. The summed E-state index contributed by atoms with van der Waals surface area (Å²) in [6, 6.07) is 10.5. The molecule has 7 nitrogen and oxygen atoms in total. The summed E-state index contributed by atoms with van der Waals surface area (Å²) in [6.07, 6.45) is -0.573. The fraction of sp³-hybridized carbons (Fsp3) is 0.222. The third-order valence-electron chi connectivity index (χ3n) is 4.43. The van der Waals surface area contributed by atoms with E-state index in [1.807, 2.05) is 0 Å². The van der Waals surface area contributed by atoms with Gasteiger partial charge in [-0.3, -0.25) is 19.7 Å². The highest BCUT2D eigenvalue weighted by atomic mass is 79.9. The number of halogens is 1. The molecule has 0 radical (unpaired) electrons. The van der Waals surface area contributed by atoms with E-state index in [2.05, 4.69) is 15.9 Å². The highest BCUT2D eigenvalue weighted by Gasteiger charge is 2.51. The highest BCUT2D eigenvalue weighted by molar-refractivity contribution is 9.10. The van der Waals surface area contributed by atoms with Gasteiger partial charge in [0.1, 0.15) is 0 Å². The number of carbonyl (C=O) groups is 2. The molecule has 1 amide bonds. The topological polar surface area (TPSA) is 101 Å². The minimum atomic E-state index is -2.06. The average Bonchev–Trinajstić information content (AvgIpc) is 2.82. The molecule has 1 aliphatic heterocycles. The van der Waals surface area contributed by atoms with E-state index < -0.39 is 28.6 Å². The number of rotatable bonds is 5. The zero-order valence-electron chi connectivity index (χ0n) is 13.8. The monoisotopic (exact) mass is 418 g/mol. The Hall–Kier alpha value is -2.58. The largest absolute Gasteiger partial charge is 0.375 e. The molecule has 1 aliphatic rings. The molecule has 2 aromatic rings. The number of aliphatic hydroxyl groups is 1. The van der Waals surface area contributed by atoms with Crippen LogP contribution in [0.15, 0.2) is 46.9 Å². The maximum absolute atomic E-state index is 12.8. The van der Waals surface area contributed by atoms with Crippen LogP contribution in [-0.2, 0) is 10.4 Å². The van der Waals surface area contributed by atoms with Gasteiger partial charge in [0.15, 0.2) is 11.4 Å². The van der Waals surface area contributed by atoms with E-state index in [9.17, 15) is 24.8 Å². The summed E-state index contributed by atoms with van der Waals surface area (Å²) in [5, 5.41) is 22.3. The summed E-state index contributed by atoms with van der Waals surface area (Å²) in [5.74, 6) is -1.28. The van der Waals surface area contributed by atoms with Crippen LogP contribution in [0.2, 0.25) is 0 Å². The van der Waals surface area contributed by atoms with Gasteiger partial charge in [-0.1, -0.05) is 28.1 Å². The van der Waals surface area contributed by atoms with Crippen molar-refractivity contribution >= 4 is 39.0 Å². The molecule has 0 fully saturated rings. The average molecular weight is 419 g/mol. The SMILES string of the molecule is CCN1C(=O)C(O)(CC(=O)c2ccccc2[N+](=O)[O-])c2cc(Br)ccc21. The van der Waals surface area contributed by atoms with E-state index >= 15 is 0 Å². The molecule has 0 aromatic heterocycles. The van der Waals surface area contributed by atoms with Crippen LogP contribution < -0.4 is 4.90 Å². The molecule has 1 N–H and O–H groups in total. The molecule has 26 heavy (non-hydrogen) atoms. The Morgan fingerprint density at radius 2 is 2.00 bits per heavy atom. The van der Waals surface area contributed by atoms with Crippen molar-refractivity contribution in [1.82, 2.24) is 0 Å². The molecule has 2 aromatic carbocycles. The van der Waals surface area contributed by atoms with Gasteiger partial charge in [0.05, 0.1) is 22.6 Å². The van der Waals surface area contributed by atoms with Gasteiger partial charge in [0.2, 0.25) is 0 Å². The predicted octanol–water partition coefficient (Wildman–Crippen LogP) is 3.18. The van der Waals surface area contributed by atoms with E-state index in [1.165, 1.54) is 29.2 Å². The van der Waals surface area contributed by atoms with E-state index in [-0.39, 0.29) is 11.3 Å². The number of hydrogen-bond acceptors (Lipinski definition) is 5. The molecule has 0 saturated heterocycles. The van der Waals surface area contributed by atoms with Crippen LogP contribution >= 0.6 is 15.9 Å². The fourth-order valence-electron chi connectivity index (χ4n) is 3.20. The molecular formula is C18H15BrN2O5. The summed E-state index contributed by atoms with van der Waals surface area (Å²) in [7, 11) is 0. The van der Waals surface area contributed by atoms with Gasteiger partial charge in [-0.15, -0.1) is 0 Å². The van der Waals surface area contributed by atoms with Gasteiger partial charge in [-0.25, -0.2) is 0 Å². The van der Waals surface area contributed by atoms with Crippen LogP contribution in [0.25, 0.3) is 0 Å². The number of amides is 1. The van der Waals surface area contributed by atoms with Crippen molar-refractivity contribution in [1.29, 1.82) is 0 Å². The van der Waals surface area contributed by atoms with Crippen LogP contribution in [0, 0.1) is 10.1 Å². The number of hydrogen-bond donors (Lipinski definition) is 1. The Bertz CT molecular complexity index is 930. The molecule has 0 spiro atoms. The summed E-state index contributed by atoms with van der Waals surface area (Å²) in [6.45, 7) is 2.09. The van der Waals surface area contributed by atoms with E-state index in [0.29, 0.717) is 22.3 Å². The molecule has 1 unspecified atom stereocenters. The first kappa shape index (κ1) is 18.2. The highest BCUT2D eigenvalue weighted by Crippen LogP contribution is 2.44. The number of fused-ring (bicyclic) bond motifs is 1. The Labute approximate surface area is 157 Å². The molecule has 8 heteroatoms. The number of likely N-dealkylation sites (N-methyl/N-ethyl adjacent to an activating group) is 1. The van der Waals surface area contributed by atoms with Crippen LogP contribution in [0.4, 0.5) is 11.4 Å². The van der Waals surface area contributed by atoms with Gasteiger partial charge in [0.25, 0.3) is 11.6 Å². The minimum Gasteiger partial charge on any atom is -0.375 e. The van der Waals surface area contributed by atoms with Crippen molar-refractivity contribution in [2.24, 2.45) is 0 Å². The Morgan fingerprint density at radius 3 is 2.65 bits per heavy atom. The first-order valence-electron chi connectivity index (χ1n) is 7.90. The first-order valence-corrected chi connectivity index (χ1v) is 8.70. The predicted molar refractivity (Wildman–Crippen MR) is 98.1 cm³/mol. The molecule has 0 saturated carbocycles. The molecule has 134 valence electrons. The standard InChI is InChI=1S/C18H15BrN2O5/c1-2-20-15-8-7-11(19)9-13(15)18(24,17(20)23)10-16(22)12-5-3-4-6-14(12)21(25)26/h3-9,24H,2,10H2,1H3. The summed E-state index contributed by atoms with van der Waals surface area (Å²) in [5.41, 5.74) is -1.71. The zero-order valence-corrected chi connectivity index (χ0v) is 15.4. The van der Waals surface area contributed by atoms with Crippen molar-refractivity contribution in [2.45, 2.75) is 18.9 Å². The number of Topliss-reactive ketones (excluding diaryl/α,β-unsaturated/α-hetero) is 1. The quantitative estimate of drug-likeness (QED) is 0.456. The number of carbonyl (C=O) groups excluding carboxylic acids is 2. The van der Waals surface area contributed by atoms with Gasteiger partial charge in [-0.05, 0) is 31.2 Å². The van der Waals surface area contributed by atoms with Gasteiger partial charge < -0.3 is 10.0 Å². The lowest BCUT2D eigenvalue weighted by atomic mass is 9.88. The summed E-state index contributed by atoms with van der Waals surface area (Å²) < 4.78 is 0.651. The number of para-hydroxylation sites is 1. The Morgan fingerprint density at radius 1 is 1.31 bits per heavy atom. The minimum absolute atomic E-state index is 0.134. The van der Waals surface area contributed by atoms with E-state index in [4.69, 9.17) is 0 Å². The van der Waals surface area contributed by atoms with Crippen LogP contribution in [0.1, 0.15) is 29.3 Å². The second-order valence-electron chi connectivity index (χ2n) is 5.95. The van der Waals surface area contributed by atoms with E-state index in [1.54, 1.807) is 25.1 Å². The number of benzene rings is 2. The van der Waals surface area contributed by atoms with Gasteiger partial charge in [-0.2, -0.15) is 0 Å². The number of nitrogens with zero attached hydrogens (tertiary/aromatic N) is 2. The van der Waals surface area contributed by atoms with Crippen molar-refractivity contribution in [3.63, 3.8) is 0 Å². The molecular weight excluding hydrogens is 404 g/mol. The Kier molecular flexibility index (Phi) is 4.64. The van der Waals surface area contributed by atoms with E-state index in [0.717, 1.165) is 0 Å². The summed E-state index contributed by atoms with van der Waals surface area (Å²) >= 11 is 3.30. The van der Waals surface area contributed by atoms with Crippen molar-refractivity contribution < 1.29 is 19.6 Å². The number of ketones is 1. The lowest BCUT2D eigenvalue weighted by Crippen LogP contribution is -2.41. The van der Waals surface area contributed by atoms with Crippen molar-refractivity contribution in [3.8, 4) is 0 Å². The second kappa shape index (κ2) is 6.62. The van der Waals surface area contributed by atoms with Gasteiger partial charge in [0, 0.05) is 22.6 Å². The maximum atomic E-state index is 12.8. The van der Waals surface area contributed by atoms with Crippen LogP contribution in [0.5, 0.6) is 0 Å². The normalized spacial score (nSPS) is 18.7. The number of nitro groups is 1. The van der Waals surface area contributed by atoms with Crippen molar-refractivity contribution in [3.05, 3.63) is 68.2 Å². The molecule has 0 bridgehead atoms. The third-order valence-corrected chi connectivity index (χ3v) is 4.92.